The quantitative estimate of drug-likeness (QED) is 0.309. The van der Waals surface area contributed by atoms with Crippen molar-refractivity contribution < 1.29 is 9.84 Å². The summed E-state index contributed by atoms with van der Waals surface area (Å²) >= 11 is 0. The summed E-state index contributed by atoms with van der Waals surface area (Å²) in [6.07, 6.45) is 7.53. The fourth-order valence-corrected chi connectivity index (χ4v) is 3.70. The molecule has 4 aromatic rings. The number of phenols is 1. The molecule has 0 aliphatic heterocycles. The van der Waals surface area contributed by atoms with Crippen molar-refractivity contribution in [3.63, 3.8) is 0 Å². The first-order chi connectivity index (χ1) is 15.8. The van der Waals surface area contributed by atoms with Crippen molar-refractivity contribution in [2.75, 3.05) is 6.61 Å². The average molecular weight is 426 g/mol. The van der Waals surface area contributed by atoms with Gasteiger partial charge in [0.1, 0.15) is 24.2 Å². The molecule has 0 aliphatic rings. The van der Waals surface area contributed by atoms with Gasteiger partial charge in [-0.2, -0.15) is 0 Å². The zero-order chi connectivity index (χ0) is 22.2. The van der Waals surface area contributed by atoms with Crippen molar-refractivity contribution in [1.82, 2.24) is 15.0 Å². The van der Waals surface area contributed by atoms with Crippen LogP contribution in [-0.2, 0) is 0 Å². The van der Waals surface area contributed by atoms with Crippen molar-refractivity contribution >= 4 is 0 Å². The number of aromatic hydroxyl groups is 1. The summed E-state index contributed by atoms with van der Waals surface area (Å²) in [5.41, 5.74) is 4.54. The van der Waals surface area contributed by atoms with Crippen LogP contribution < -0.4 is 4.74 Å². The topological polar surface area (TPSA) is 68.1 Å². The highest BCUT2D eigenvalue weighted by Gasteiger charge is 2.15. The highest BCUT2D eigenvalue weighted by molar-refractivity contribution is 5.87. The van der Waals surface area contributed by atoms with Gasteiger partial charge < -0.3 is 9.84 Å². The number of phenolic OH excluding ortho intramolecular Hbond substituents is 1. The van der Waals surface area contributed by atoms with Gasteiger partial charge in [-0.05, 0) is 47.4 Å². The summed E-state index contributed by atoms with van der Waals surface area (Å²) in [7, 11) is 0. The smallest absolute Gasteiger partial charge is 0.163 e. The van der Waals surface area contributed by atoms with Crippen molar-refractivity contribution in [3.05, 3.63) is 79.4 Å². The molecular weight excluding hydrogens is 398 g/mol. The van der Waals surface area contributed by atoms with E-state index in [1.165, 1.54) is 25.5 Å². The van der Waals surface area contributed by atoms with Gasteiger partial charge in [-0.3, -0.25) is 0 Å². The molecule has 0 spiro atoms. The number of unbranched alkanes of at least 4 members (excludes halogenated alkanes) is 3. The third-order valence-corrected chi connectivity index (χ3v) is 5.39. The molecule has 0 amide bonds. The SMILES string of the molecule is CCCCCCOc1ccc(-c2cc(-c3ccccc3)ccc2-c2ncncn2)c(O)c1. The monoisotopic (exact) mass is 425 g/mol. The third kappa shape index (κ3) is 5.11. The van der Waals surface area contributed by atoms with Gasteiger partial charge in [0.05, 0.1) is 6.61 Å². The number of aromatic nitrogens is 3. The van der Waals surface area contributed by atoms with Crippen LogP contribution in [0.4, 0.5) is 0 Å². The van der Waals surface area contributed by atoms with Crippen LogP contribution in [0.5, 0.6) is 11.5 Å². The second kappa shape index (κ2) is 10.5. The first kappa shape index (κ1) is 21.5. The van der Waals surface area contributed by atoms with E-state index in [0.29, 0.717) is 23.7 Å². The van der Waals surface area contributed by atoms with Crippen molar-refractivity contribution in [2.24, 2.45) is 0 Å². The maximum absolute atomic E-state index is 10.9. The van der Waals surface area contributed by atoms with Gasteiger partial charge in [0.2, 0.25) is 0 Å². The lowest BCUT2D eigenvalue weighted by molar-refractivity contribution is 0.303. The molecule has 32 heavy (non-hydrogen) atoms. The first-order valence-corrected chi connectivity index (χ1v) is 11.0. The Kier molecular flexibility index (Phi) is 7.08. The van der Waals surface area contributed by atoms with Crippen LogP contribution in [0.3, 0.4) is 0 Å². The molecule has 1 N–H and O–H groups in total. The minimum Gasteiger partial charge on any atom is -0.507 e. The molecule has 162 valence electrons. The van der Waals surface area contributed by atoms with E-state index in [1.807, 2.05) is 42.5 Å². The zero-order valence-corrected chi connectivity index (χ0v) is 18.2. The third-order valence-electron chi connectivity index (χ3n) is 5.39. The highest BCUT2D eigenvalue weighted by atomic mass is 16.5. The molecule has 0 radical (unpaired) electrons. The summed E-state index contributed by atoms with van der Waals surface area (Å²) in [6.45, 7) is 2.84. The molecule has 0 bridgehead atoms. The lowest BCUT2D eigenvalue weighted by Crippen LogP contribution is -1.97. The molecule has 0 unspecified atom stereocenters. The van der Waals surface area contributed by atoms with E-state index >= 15 is 0 Å². The second-order valence-electron chi connectivity index (χ2n) is 7.68. The van der Waals surface area contributed by atoms with Gasteiger partial charge in [0.25, 0.3) is 0 Å². The van der Waals surface area contributed by atoms with Gasteiger partial charge in [-0.25, -0.2) is 15.0 Å². The van der Waals surface area contributed by atoms with E-state index < -0.39 is 0 Å². The number of hydrogen-bond acceptors (Lipinski definition) is 5. The van der Waals surface area contributed by atoms with Gasteiger partial charge in [0.15, 0.2) is 5.82 Å². The second-order valence-corrected chi connectivity index (χ2v) is 7.68. The predicted molar refractivity (Wildman–Crippen MR) is 127 cm³/mol. The molecule has 0 saturated heterocycles. The molecule has 5 heteroatoms. The van der Waals surface area contributed by atoms with E-state index in [9.17, 15) is 5.11 Å². The summed E-state index contributed by atoms with van der Waals surface area (Å²) in [6, 6.07) is 21.7. The number of rotatable bonds is 9. The molecular formula is C27H27N3O2. The normalized spacial score (nSPS) is 10.8. The molecule has 3 aromatic carbocycles. The predicted octanol–water partition coefficient (Wildman–Crippen LogP) is 6.54. The van der Waals surface area contributed by atoms with Crippen molar-refractivity contribution in [2.45, 2.75) is 32.6 Å². The van der Waals surface area contributed by atoms with Crippen LogP contribution >= 0.6 is 0 Å². The van der Waals surface area contributed by atoms with E-state index in [1.54, 1.807) is 6.07 Å². The van der Waals surface area contributed by atoms with E-state index in [4.69, 9.17) is 4.74 Å². The number of benzene rings is 3. The summed E-state index contributed by atoms with van der Waals surface area (Å²) in [5, 5.41) is 10.9. The van der Waals surface area contributed by atoms with Gasteiger partial charge in [0, 0.05) is 17.2 Å². The molecule has 0 atom stereocenters. The maximum atomic E-state index is 10.9. The molecule has 1 heterocycles. The fourth-order valence-electron chi connectivity index (χ4n) is 3.70. The Bertz CT molecular complexity index is 1150. The van der Waals surface area contributed by atoms with Crippen LogP contribution in [0.15, 0.2) is 79.4 Å². The van der Waals surface area contributed by atoms with E-state index in [2.05, 4.69) is 40.1 Å². The van der Waals surface area contributed by atoms with Gasteiger partial charge in [-0.1, -0.05) is 62.6 Å². The Morgan fingerprint density at radius 2 is 1.53 bits per heavy atom. The number of hydrogen-bond donors (Lipinski definition) is 1. The molecule has 1 aromatic heterocycles. The van der Waals surface area contributed by atoms with Crippen molar-refractivity contribution in [3.8, 4) is 45.1 Å². The minimum absolute atomic E-state index is 0.163. The van der Waals surface area contributed by atoms with Crippen LogP contribution in [0.25, 0.3) is 33.6 Å². The van der Waals surface area contributed by atoms with Crippen LogP contribution in [-0.4, -0.2) is 26.7 Å². The van der Waals surface area contributed by atoms with Crippen LogP contribution in [0.1, 0.15) is 32.6 Å². The largest absolute Gasteiger partial charge is 0.507 e. The van der Waals surface area contributed by atoms with E-state index in [0.717, 1.165) is 35.1 Å². The van der Waals surface area contributed by atoms with Gasteiger partial charge in [-0.15, -0.1) is 0 Å². The summed E-state index contributed by atoms with van der Waals surface area (Å²) in [4.78, 5) is 12.6. The Labute approximate surface area is 188 Å². The number of nitrogens with zero attached hydrogens (tertiary/aromatic N) is 3. The average Bonchev–Trinajstić information content (AvgIpc) is 2.85. The molecule has 0 fully saturated rings. The molecule has 0 saturated carbocycles. The maximum Gasteiger partial charge on any atom is 0.163 e. The fraction of sp³-hybridized carbons (Fsp3) is 0.222. The summed E-state index contributed by atoms with van der Waals surface area (Å²) in [5.74, 6) is 1.39. The first-order valence-electron chi connectivity index (χ1n) is 11.0. The lowest BCUT2D eigenvalue weighted by Gasteiger charge is -2.14. The Morgan fingerprint density at radius 1 is 0.750 bits per heavy atom. The Balaban J connectivity index is 1.69. The lowest BCUT2D eigenvalue weighted by atomic mass is 9.93. The summed E-state index contributed by atoms with van der Waals surface area (Å²) < 4.78 is 5.84. The Morgan fingerprint density at radius 3 is 2.28 bits per heavy atom. The standard InChI is InChI=1S/C27H27N3O2/c1-2-3-4-8-15-32-22-12-14-23(26(31)17-22)25-16-21(20-9-6-5-7-10-20)11-13-24(25)27-29-18-28-19-30-27/h5-7,9-14,16-19,31H,2-4,8,15H2,1H3. The molecule has 0 aliphatic carbocycles. The van der Waals surface area contributed by atoms with Gasteiger partial charge >= 0.3 is 0 Å². The van der Waals surface area contributed by atoms with Crippen molar-refractivity contribution in [1.29, 1.82) is 0 Å². The Hall–Kier alpha value is -3.73. The minimum atomic E-state index is 0.163. The van der Waals surface area contributed by atoms with E-state index in [-0.39, 0.29) is 5.75 Å². The number of ether oxygens (including phenoxy) is 1. The molecule has 4 rings (SSSR count). The highest BCUT2D eigenvalue weighted by Crippen LogP contribution is 2.39. The zero-order valence-electron chi connectivity index (χ0n) is 18.2. The van der Waals surface area contributed by atoms with Crippen LogP contribution in [0.2, 0.25) is 0 Å². The molecule has 5 nitrogen and oxygen atoms in total. The van der Waals surface area contributed by atoms with Crippen LogP contribution in [0, 0.1) is 0 Å².